The van der Waals surface area contributed by atoms with Crippen LogP contribution in [0.15, 0.2) is 23.1 Å². The Kier molecular flexibility index (Phi) is 4.71. The van der Waals surface area contributed by atoms with Crippen LogP contribution in [0.3, 0.4) is 0 Å². The number of aryl methyl sites for hydroxylation is 1. The van der Waals surface area contributed by atoms with Crippen molar-refractivity contribution in [2.75, 3.05) is 37.8 Å². The molecule has 0 bridgehead atoms. The fraction of sp³-hybridized carbons (Fsp3) is 0.600. The van der Waals surface area contributed by atoms with Crippen LogP contribution in [0.25, 0.3) is 0 Å². The zero-order valence-electron chi connectivity index (χ0n) is 13.3. The van der Waals surface area contributed by atoms with Gasteiger partial charge < -0.3 is 4.74 Å². The largest absolute Gasteiger partial charge is 0.379 e. The van der Waals surface area contributed by atoms with Gasteiger partial charge in [0.15, 0.2) is 19.7 Å². The second kappa shape index (κ2) is 6.36. The molecule has 2 atom stereocenters. The van der Waals surface area contributed by atoms with Gasteiger partial charge in [-0.05, 0) is 30.7 Å². The van der Waals surface area contributed by atoms with E-state index in [0.717, 1.165) is 6.07 Å². The highest BCUT2D eigenvalue weighted by atomic mass is 32.2. The Morgan fingerprint density at radius 3 is 2.50 bits per heavy atom. The van der Waals surface area contributed by atoms with Gasteiger partial charge in [-0.25, -0.2) is 21.2 Å². The molecule has 0 aromatic heterocycles. The summed E-state index contributed by atoms with van der Waals surface area (Å²) in [6.07, 6.45) is 0. The Morgan fingerprint density at radius 1 is 1.21 bits per heavy atom. The van der Waals surface area contributed by atoms with Crippen molar-refractivity contribution in [2.24, 2.45) is 0 Å². The van der Waals surface area contributed by atoms with Gasteiger partial charge in [-0.2, -0.15) is 0 Å². The molecule has 134 valence electrons. The molecule has 0 N–H and O–H groups in total. The number of rotatable bonds is 3. The second-order valence-electron chi connectivity index (χ2n) is 6.29. The van der Waals surface area contributed by atoms with Gasteiger partial charge in [-0.3, -0.25) is 4.90 Å². The third-order valence-electron chi connectivity index (χ3n) is 4.64. The molecule has 2 aliphatic heterocycles. The highest BCUT2D eigenvalue weighted by Gasteiger charge is 2.48. The summed E-state index contributed by atoms with van der Waals surface area (Å²) in [7, 11) is -7.31. The SMILES string of the molecule is Cc1cc(S(=O)(=O)[C@H]2CS(=O)(=O)C[C@@H]2N2CCOCC2)ccc1F. The number of hydrogen-bond donors (Lipinski definition) is 0. The molecule has 6 nitrogen and oxygen atoms in total. The fourth-order valence-corrected chi connectivity index (χ4v) is 8.22. The molecular formula is C15H20FNO5S2. The minimum absolute atomic E-state index is 0.0261. The second-order valence-corrected chi connectivity index (χ2v) is 10.6. The summed E-state index contributed by atoms with van der Waals surface area (Å²) in [4.78, 5) is 1.86. The predicted octanol–water partition coefficient (Wildman–Crippen LogP) is 0.406. The molecule has 2 fully saturated rings. The highest BCUT2D eigenvalue weighted by Crippen LogP contribution is 2.30. The quantitative estimate of drug-likeness (QED) is 0.710. The van der Waals surface area contributed by atoms with Crippen LogP contribution >= 0.6 is 0 Å². The summed E-state index contributed by atoms with van der Waals surface area (Å²) >= 11 is 0. The average Bonchev–Trinajstić information content (AvgIpc) is 2.87. The lowest BCUT2D eigenvalue weighted by Gasteiger charge is -2.34. The van der Waals surface area contributed by atoms with E-state index in [1.807, 2.05) is 4.90 Å². The Hall–Kier alpha value is -1.03. The van der Waals surface area contributed by atoms with Crippen LogP contribution in [-0.2, 0) is 24.4 Å². The lowest BCUT2D eigenvalue weighted by Crippen LogP contribution is -2.50. The Balaban J connectivity index is 1.98. The van der Waals surface area contributed by atoms with Crippen molar-refractivity contribution in [1.29, 1.82) is 0 Å². The third-order valence-corrected chi connectivity index (χ3v) is 8.76. The van der Waals surface area contributed by atoms with Gasteiger partial charge in [0.1, 0.15) is 5.82 Å². The number of halogens is 1. The van der Waals surface area contributed by atoms with E-state index in [4.69, 9.17) is 4.74 Å². The van der Waals surface area contributed by atoms with Gasteiger partial charge in [0.2, 0.25) is 0 Å². The first-order chi connectivity index (χ1) is 11.2. The average molecular weight is 377 g/mol. The lowest BCUT2D eigenvalue weighted by molar-refractivity contribution is 0.0222. The molecule has 0 unspecified atom stereocenters. The molecule has 3 rings (SSSR count). The van der Waals surface area contributed by atoms with E-state index in [-0.39, 0.29) is 16.2 Å². The first kappa shape index (κ1) is 17.8. The van der Waals surface area contributed by atoms with Crippen LogP contribution in [0.5, 0.6) is 0 Å². The van der Waals surface area contributed by atoms with Gasteiger partial charge in [0.25, 0.3) is 0 Å². The van der Waals surface area contributed by atoms with Crippen molar-refractivity contribution in [3.8, 4) is 0 Å². The number of nitrogens with zero attached hydrogens (tertiary/aromatic N) is 1. The summed E-state index contributed by atoms with van der Waals surface area (Å²) in [5.41, 5.74) is 0.222. The number of benzene rings is 1. The molecule has 0 aliphatic carbocycles. The Labute approximate surface area is 141 Å². The van der Waals surface area contributed by atoms with E-state index in [9.17, 15) is 21.2 Å². The standard InChI is InChI=1S/C15H20FNO5S2/c1-11-8-12(2-3-13(11)16)24(20,21)15-10-23(18,19)9-14(15)17-4-6-22-7-5-17/h2-3,8,14-15H,4-7,9-10H2,1H3/t14-,15-/m0/s1. The first-order valence-electron chi connectivity index (χ1n) is 7.73. The molecule has 1 aromatic carbocycles. The topological polar surface area (TPSA) is 80.8 Å². The fourth-order valence-electron chi connectivity index (χ4n) is 3.31. The number of ether oxygens (including phenoxy) is 1. The maximum atomic E-state index is 13.4. The van der Waals surface area contributed by atoms with E-state index in [2.05, 4.69) is 0 Å². The minimum Gasteiger partial charge on any atom is -0.379 e. The van der Waals surface area contributed by atoms with Crippen molar-refractivity contribution in [2.45, 2.75) is 23.1 Å². The van der Waals surface area contributed by atoms with Crippen molar-refractivity contribution >= 4 is 19.7 Å². The number of morpholine rings is 1. The van der Waals surface area contributed by atoms with Crippen LogP contribution < -0.4 is 0 Å². The molecule has 2 saturated heterocycles. The summed E-state index contributed by atoms with van der Waals surface area (Å²) < 4.78 is 68.9. The van der Waals surface area contributed by atoms with E-state index in [0.29, 0.717) is 26.3 Å². The summed E-state index contributed by atoms with van der Waals surface area (Å²) in [6, 6.07) is 3.00. The number of hydrogen-bond acceptors (Lipinski definition) is 6. The molecule has 0 amide bonds. The molecule has 9 heteroatoms. The molecule has 0 spiro atoms. The molecule has 2 heterocycles. The normalized spacial score (nSPS) is 28.1. The van der Waals surface area contributed by atoms with Crippen LogP contribution in [0.4, 0.5) is 4.39 Å². The summed E-state index contributed by atoms with van der Waals surface area (Å²) in [6.45, 7) is 3.42. The van der Waals surface area contributed by atoms with E-state index in [1.54, 1.807) is 0 Å². The van der Waals surface area contributed by atoms with Crippen LogP contribution in [0, 0.1) is 12.7 Å². The zero-order valence-corrected chi connectivity index (χ0v) is 14.9. The molecular weight excluding hydrogens is 357 g/mol. The third kappa shape index (κ3) is 3.35. The van der Waals surface area contributed by atoms with Crippen molar-refractivity contribution < 1.29 is 26.0 Å². The molecule has 2 aliphatic rings. The van der Waals surface area contributed by atoms with E-state index in [1.165, 1.54) is 19.1 Å². The minimum atomic E-state index is -3.88. The number of sulfone groups is 2. The van der Waals surface area contributed by atoms with Crippen molar-refractivity contribution in [1.82, 2.24) is 4.90 Å². The van der Waals surface area contributed by atoms with E-state index >= 15 is 0 Å². The van der Waals surface area contributed by atoms with Gasteiger partial charge >= 0.3 is 0 Å². The molecule has 0 saturated carbocycles. The molecule has 0 radical (unpaired) electrons. The van der Waals surface area contributed by atoms with E-state index < -0.39 is 42.5 Å². The van der Waals surface area contributed by atoms with Crippen LogP contribution in [0.2, 0.25) is 0 Å². The summed E-state index contributed by atoms with van der Waals surface area (Å²) in [5, 5.41) is -1.04. The Morgan fingerprint density at radius 2 is 1.88 bits per heavy atom. The molecule has 24 heavy (non-hydrogen) atoms. The molecule has 1 aromatic rings. The first-order valence-corrected chi connectivity index (χ1v) is 11.1. The van der Waals surface area contributed by atoms with Gasteiger partial charge in [-0.1, -0.05) is 0 Å². The monoisotopic (exact) mass is 377 g/mol. The van der Waals surface area contributed by atoms with Gasteiger partial charge in [0.05, 0.1) is 34.9 Å². The smallest absolute Gasteiger partial charge is 0.183 e. The maximum Gasteiger partial charge on any atom is 0.183 e. The maximum absolute atomic E-state index is 13.4. The highest BCUT2D eigenvalue weighted by molar-refractivity contribution is 7.96. The van der Waals surface area contributed by atoms with Gasteiger partial charge in [-0.15, -0.1) is 0 Å². The van der Waals surface area contributed by atoms with Crippen LogP contribution in [0.1, 0.15) is 5.56 Å². The lowest BCUT2D eigenvalue weighted by atomic mass is 10.2. The summed E-state index contributed by atoms with van der Waals surface area (Å²) in [5.74, 6) is -1.05. The van der Waals surface area contributed by atoms with Gasteiger partial charge in [0, 0.05) is 19.1 Å². The predicted molar refractivity (Wildman–Crippen MR) is 86.9 cm³/mol. The van der Waals surface area contributed by atoms with Crippen LogP contribution in [-0.4, -0.2) is 70.8 Å². The van der Waals surface area contributed by atoms with Crippen molar-refractivity contribution in [3.63, 3.8) is 0 Å². The van der Waals surface area contributed by atoms with Crippen molar-refractivity contribution in [3.05, 3.63) is 29.6 Å². The Bertz CT molecular complexity index is 831. The zero-order chi connectivity index (χ0) is 17.5.